The van der Waals surface area contributed by atoms with E-state index in [1.165, 1.54) is 12.1 Å². The molecule has 0 unspecified atom stereocenters. The first-order chi connectivity index (χ1) is 9.97. The molecule has 6 nitrogen and oxygen atoms in total. The molecule has 0 aliphatic rings. The fourth-order valence-electron chi connectivity index (χ4n) is 1.74. The lowest BCUT2D eigenvalue weighted by molar-refractivity contribution is 0.598. The Morgan fingerprint density at radius 2 is 1.82 bits per heavy atom. The summed E-state index contributed by atoms with van der Waals surface area (Å²) in [6.45, 7) is 6.44. The number of guanidine groups is 1. The molecule has 126 valence electrons. The molecule has 0 spiro atoms. The SMILES string of the molecule is CCCN=C(NCC)NCCc1ccc(S(N)(=O)=O)cc1.I. The van der Waals surface area contributed by atoms with E-state index in [9.17, 15) is 8.42 Å². The van der Waals surface area contributed by atoms with Crippen molar-refractivity contribution >= 4 is 40.0 Å². The van der Waals surface area contributed by atoms with E-state index in [4.69, 9.17) is 5.14 Å². The van der Waals surface area contributed by atoms with Crippen molar-refractivity contribution < 1.29 is 8.42 Å². The van der Waals surface area contributed by atoms with E-state index in [2.05, 4.69) is 22.5 Å². The standard InChI is InChI=1S/C14H24N4O2S.HI/c1-3-10-17-14(16-4-2)18-11-9-12-5-7-13(8-6-12)21(15,19)20;/h5-8H,3-4,9-11H2,1-2H3,(H2,15,19,20)(H2,16,17,18);1H. The molecule has 1 aromatic carbocycles. The van der Waals surface area contributed by atoms with Gasteiger partial charge in [-0.1, -0.05) is 19.1 Å². The molecule has 0 radical (unpaired) electrons. The highest BCUT2D eigenvalue weighted by Gasteiger charge is 2.06. The van der Waals surface area contributed by atoms with E-state index in [0.29, 0.717) is 0 Å². The van der Waals surface area contributed by atoms with Gasteiger partial charge in [-0.25, -0.2) is 13.6 Å². The zero-order chi connectivity index (χ0) is 15.7. The molecule has 0 saturated carbocycles. The topological polar surface area (TPSA) is 96.6 Å². The largest absolute Gasteiger partial charge is 0.357 e. The number of sulfonamides is 1. The van der Waals surface area contributed by atoms with Gasteiger partial charge in [0.15, 0.2) is 5.96 Å². The van der Waals surface area contributed by atoms with Crippen LogP contribution in [0.5, 0.6) is 0 Å². The van der Waals surface area contributed by atoms with Gasteiger partial charge >= 0.3 is 0 Å². The molecule has 0 bridgehead atoms. The van der Waals surface area contributed by atoms with Gasteiger partial charge in [0, 0.05) is 19.6 Å². The van der Waals surface area contributed by atoms with Gasteiger partial charge in [-0.15, -0.1) is 24.0 Å². The minimum atomic E-state index is -3.62. The third kappa shape index (κ3) is 7.95. The zero-order valence-electron chi connectivity index (χ0n) is 13.0. The van der Waals surface area contributed by atoms with Gasteiger partial charge in [0.05, 0.1) is 4.90 Å². The van der Waals surface area contributed by atoms with Crippen molar-refractivity contribution in [3.05, 3.63) is 29.8 Å². The third-order valence-electron chi connectivity index (χ3n) is 2.80. The van der Waals surface area contributed by atoms with E-state index >= 15 is 0 Å². The van der Waals surface area contributed by atoms with Crippen LogP contribution in [0.15, 0.2) is 34.2 Å². The number of halogens is 1. The van der Waals surface area contributed by atoms with Gasteiger partial charge in [0.1, 0.15) is 0 Å². The maximum atomic E-state index is 11.2. The number of primary sulfonamides is 1. The first-order valence-corrected chi connectivity index (χ1v) is 8.66. The van der Waals surface area contributed by atoms with Gasteiger partial charge in [0.25, 0.3) is 0 Å². The fraction of sp³-hybridized carbons (Fsp3) is 0.500. The highest BCUT2D eigenvalue weighted by atomic mass is 127. The summed E-state index contributed by atoms with van der Waals surface area (Å²) in [4.78, 5) is 4.54. The van der Waals surface area contributed by atoms with Crippen molar-refractivity contribution in [3.63, 3.8) is 0 Å². The Kier molecular flexibility index (Phi) is 10.4. The summed E-state index contributed by atoms with van der Waals surface area (Å²) in [5.74, 6) is 0.806. The van der Waals surface area contributed by atoms with Crippen LogP contribution < -0.4 is 15.8 Å². The molecule has 8 heteroatoms. The number of nitrogens with zero attached hydrogens (tertiary/aromatic N) is 1. The first kappa shape index (κ1) is 21.1. The van der Waals surface area contributed by atoms with Crippen molar-refractivity contribution in [1.29, 1.82) is 0 Å². The average molecular weight is 440 g/mol. The van der Waals surface area contributed by atoms with Crippen LogP contribution in [0.4, 0.5) is 0 Å². The molecule has 1 rings (SSSR count). The minimum Gasteiger partial charge on any atom is -0.357 e. The number of aliphatic imine (C=N–C) groups is 1. The van der Waals surface area contributed by atoms with E-state index in [1.807, 2.05) is 6.92 Å². The van der Waals surface area contributed by atoms with Crippen LogP contribution in [0.25, 0.3) is 0 Å². The smallest absolute Gasteiger partial charge is 0.238 e. The second kappa shape index (κ2) is 10.8. The number of hydrogen-bond donors (Lipinski definition) is 3. The van der Waals surface area contributed by atoms with Crippen molar-refractivity contribution in [3.8, 4) is 0 Å². The predicted octanol–water partition coefficient (Wildman–Crippen LogP) is 1.46. The molecule has 0 saturated heterocycles. The molecule has 0 aliphatic carbocycles. The predicted molar refractivity (Wildman–Crippen MR) is 101 cm³/mol. The lowest BCUT2D eigenvalue weighted by Crippen LogP contribution is -2.38. The van der Waals surface area contributed by atoms with Gasteiger partial charge in [0.2, 0.25) is 10.0 Å². The van der Waals surface area contributed by atoms with Crippen LogP contribution >= 0.6 is 24.0 Å². The average Bonchev–Trinajstić information content (AvgIpc) is 2.44. The minimum absolute atomic E-state index is 0. The molecule has 0 aliphatic heterocycles. The summed E-state index contributed by atoms with van der Waals surface area (Å²) in [6.07, 6.45) is 1.78. The quantitative estimate of drug-likeness (QED) is 0.340. The number of nitrogens with one attached hydrogen (secondary N) is 2. The summed E-state index contributed by atoms with van der Waals surface area (Å²) in [5.41, 5.74) is 1.04. The van der Waals surface area contributed by atoms with E-state index in [0.717, 1.165) is 44.0 Å². The Hall–Kier alpha value is -0.870. The molecule has 22 heavy (non-hydrogen) atoms. The lowest BCUT2D eigenvalue weighted by atomic mass is 10.1. The van der Waals surface area contributed by atoms with Crippen LogP contribution in [0, 0.1) is 0 Å². The Bertz CT molecular complexity index is 559. The normalized spacial score (nSPS) is 11.7. The second-order valence-corrected chi connectivity index (χ2v) is 6.19. The zero-order valence-corrected chi connectivity index (χ0v) is 16.1. The number of hydrogen-bond acceptors (Lipinski definition) is 3. The molecule has 0 amide bonds. The number of benzene rings is 1. The molecular weight excluding hydrogens is 415 g/mol. The van der Waals surface area contributed by atoms with E-state index in [-0.39, 0.29) is 28.9 Å². The van der Waals surface area contributed by atoms with Gasteiger partial charge < -0.3 is 10.6 Å². The Labute approximate surface area is 150 Å². The number of nitrogens with two attached hydrogens (primary N) is 1. The third-order valence-corrected chi connectivity index (χ3v) is 3.72. The fourth-order valence-corrected chi connectivity index (χ4v) is 2.25. The molecule has 0 atom stereocenters. The van der Waals surface area contributed by atoms with Crippen LogP contribution in [0.3, 0.4) is 0 Å². The van der Waals surface area contributed by atoms with Crippen molar-refractivity contribution in [2.45, 2.75) is 31.6 Å². The van der Waals surface area contributed by atoms with Crippen molar-refractivity contribution in [2.75, 3.05) is 19.6 Å². The van der Waals surface area contributed by atoms with Gasteiger partial charge in [-0.05, 0) is 37.5 Å². The monoisotopic (exact) mass is 440 g/mol. The highest BCUT2D eigenvalue weighted by molar-refractivity contribution is 14.0. The summed E-state index contributed by atoms with van der Waals surface area (Å²) >= 11 is 0. The van der Waals surface area contributed by atoms with Crippen LogP contribution in [-0.2, 0) is 16.4 Å². The maximum Gasteiger partial charge on any atom is 0.238 e. The molecule has 1 aromatic rings. The molecular formula is C14H25IN4O2S. The molecule has 0 aromatic heterocycles. The van der Waals surface area contributed by atoms with E-state index < -0.39 is 10.0 Å². The first-order valence-electron chi connectivity index (χ1n) is 7.11. The maximum absolute atomic E-state index is 11.2. The van der Waals surface area contributed by atoms with Gasteiger partial charge in [-0.3, -0.25) is 4.99 Å². The van der Waals surface area contributed by atoms with Crippen LogP contribution in [0.2, 0.25) is 0 Å². The second-order valence-electron chi connectivity index (χ2n) is 4.63. The summed E-state index contributed by atoms with van der Waals surface area (Å²) in [6, 6.07) is 6.61. The lowest BCUT2D eigenvalue weighted by Gasteiger charge is -2.11. The van der Waals surface area contributed by atoms with Crippen molar-refractivity contribution in [2.24, 2.45) is 10.1 Å². The van der Waals surface area contributed by atoms with Gasteiger partial charge in [-0.2, -0.15) is 0 Å². The Morgan fingerprint density at radius 1 is 1.18 bits per heavy atom. The summed E-state index contributed by atoms with van der Waals surface area (Å²) in [5, 5.41) is 11.5. The highest BCUT2D eigenvalue weighted by Crippen LogP contribution is 2.08. The van der Waals surface area contributed by atoms with E-state index in [1.54, 1.807) is 12.1 Å². The van der Waals surface area contributed by atoms with Crippen molar-refractivity contribution in [1.82, 2.24) is 10.6 Å². The van der Waals surface area contributed by atoms with Crippen LogP contribution in [-0.4, -0.2) is 34.0 Å². The number of rotatable bonds is 7. The molecule has 0 fully saturated rings. The summed E-state index contributed by atoms with van der Waals surface area (Å²) < 4.78 is 22.3. The van der Waals surface area contributed by atoms with Crippen LogP contribution in [0.1, 0.15) is 25.8 Å². The molecule has 4 N–H and O–H groups in total. The molecule has 0 heterocycles. The summed E-state index contributed by atoms with van der Waals surface area (Å²) in [7, 11) is -3.62. The Morgan fingerprint density at radius 3 is 2.32 bits per heavy atom. The Balaban J connectivity index is 0.00000441.